The highest BCUT2D eigenvalue weighted by Gasteiger charge is 2.17. The summed E-state index contributed by atoms with van der Waals surface area (Å²) in [5, 5.41) is 0. The number of anilines is 2. The first kappa shape index (κ1) is 20.1. The van der Waals surface area contributed by atoms with Crippen LogP contribution in [0.3, 0.4) is 0 Å². The number of aromatic amines is 1. The van der Waals surface area contributed by atoms with Gasteiger partial charge in [-0.1, -0.05) is 6.07 Å². The fourth-order valence-corrected chi connectivity index (χ4v) is 3.37. The van der Waals surface area contributed by atoms with Crippen LogP contribution in [0.5, 0.6) is 6.01 Å². The summed E-state index contributed by atoms with van der Waals surface area (Å²) in [6, 6.07) is 4.07. The van der Waals surface area contributed by atoms with Crippen molar-refractivity contribution in [3.05, 3.63) is 34.4 Å². The highest BCUT2D eigenvalue weighted by molar-refractivity contribution is 5.81. The Labute approximate surface area is 173 Å². The molecule has 160 valence electrons. The van der Waals surface area contributed by atoms with Crippen LogP contribution in [0.1, 0.15) is 5.56 Å². The van der Waals surface area contributed by atoms with Crippen LogP contribution in [-0.4, -0.2) is 83.0 Å². The Balaban J connectivity index is 1.55. The zero-order valence-corrected chi connectivity index (χ0v) is 17.2. The minimum atomic E-state index is -0.316. The second kappa shape index (κ2) is 8.67. The van der Waals surface area contributed by atoms with Gasteiger partial charge in [0.25, 0.3) is 0 Å². The van der Waals surface area contributed by atoms with Gasteiger partial charge in [-0.2, -0.15) is 9.97 Å². The number of nitrogens with zero attached hydrogens (tertiary/aromatic N) is 6. The molecule has 11 nitrogen and oxygen atoms in total. The molecule has 4 rings (SSSR count). The van der Waals surface area contributed by atoms with Crippen molar-refractivity contribution in [3.8, 4) is 6.01 Å². The van der Waals surface area contributed by atoms with Crippen LogP contribution in [0, 0.1) is 0 Å². The van der Waals surface area contributed by atoms with Gasteiger partial charge in [-0.15, -0.1) is 0 Å². The third-order valence-corrected chi connectivity index (χ3v) is 5.13. The molecule has 0 spiro atoms. The van der Waals surface area contributed by atoms with E-state index in [0.717, 1.165) is 37.6 Å². The normalized spacial score (nSPS) is 15.1. The highest BCUT2D eigenvalue weighted by Crippen LogP contribution is 2.19. The predicted molar refractivity (Wildman–Crippen MR) is 113 cm³/mol. The van der Waals surface area contributed by atoms with Gasteiger partial charge in [-0.3, -0.25) is 4.57 Å². The summed E-state index contributed by atoms with van der Waals surface area (Å²) >= 11 is 0. The van der Waals surface area contributed by atoms with Gasteiger partial charge in [0.05, 0.1) is 13.2 Å². The van der Waals surface area contributed by atoms with E-state index in [1.807, 2.05) is 12.1 Å². The molecule has 4 heterocycles. The van der Waals surface area contributed by atoms with E-state index in [1.165, 1.54) is 4.57 Å². The Bertz CT molecular complexity index is 1050. The number of fused-ring (bicyclic) bond motifs is 1. The molecule has 30 heavy (non-hydrogen) atoms. The number of nitrogens with two attached hydrogens (primary N) is 1. The molecule has 1 saturated heterocycles. The minimum absolute atomic E-state index is 0.105. The first-order chi connectivity index (χ1) is 14.5. The second-order valence-electron chi connectivity index (χ2n) is 7.26. The molecule has 11 heteroatoms. The second-order valence-corrected chi connectivity index (χ2v) is 7.26. The first-order valence-corrected chi connectivity index (χ1v) is 9.81. The van der Waals surface area contributed by atoms with Crippen molar-refractivity contribution in [2.24, 2.45) is 0 Å². The molecule has 0 atom stereocenters. The van der Waals surface area contributed by atoms with E-state index in [2.05, 4.69) is 36.8 Å². The maximum atomic E-state index is 12.5. The molecule has 3 aromatic heterocycles. The molecule has 0 amide bonds. The lowest BCUT2D eigenvalue weighted by Crippen LogP contribution is -2.44. The number of nitrogen functional groups attached to an aromatic ring is 1. The lowest BCUT2D eigenvalue weighted by molar-refractivity contribution is 0.141. The molecule has 1 aliphatic heterocycles. The smallest absolute Gasteiger partial charge is 0.328 e. The number of ether oxygens (including phenoxy) is 2. The summed E-state index contributed by atoms with van der Waals surface area (Å²) in [5.74, 6) is 1.10. The van der Waals surface area contributed by atoms with E-state index in [0.29, 0.717) is 24.3 Å². The Morgan fingerprint density at radius 1 is 1.17 bits per heavy atom. The van der Waals surface area contributed by atoms with E-state index in [-0.39, 0.29) is 24.1 Å². The summed E-state index contributed by atoms with van der Waals surface area (Å²) in [7, 11) is 3.70. The van der Waals surface area contributed by atoms with Gasteiger partial charge in [-0.05, 0) is 18.7 Å². The molecule has 1 aliphatic rings. The fraction of sp³-hybridized carbons (Fsp3) is 0.474. The maximum Gasteiger partial charge on any atom is 0.328 e. The van der Waals surface area contributed by atoms with Gasteiger partial charge in [0.1, 0.15) is 17.9 Å². The van der Waals surface area contributed by atoms with Crippen molar-refractivity contribution in [2.75, 3.05) is 64.2 Å². The van der Waals surface area contributed by atoms with Gasteiger partial charge in [-0.25, -0.2) is 9.78 Å². The van der Waals surface area contributed by atoms with Crippen LogP contribution in [0.2, 0.25) is 0 Å². The van der Waals surface area contributed by atoms with Crippen LogP contribution in [0.4, 0.5) is 11.6 Å². The van der Waals surface area contributed by atoms with Gasteiger partial charge in [0.15, 0.2) is 11.5 Å². The van der Waals surface area contributed by atoms with Crippen LogP contribution < -0.4 is 21.1 Å². The molecule has 0 radical (unpaired) electrons. The maximum absolute atomic E-state index is 12.5. The number of H-pyrrole nitrogens is 1. The predicted octanol–water partition coefficient (Wildman–Crippen LogP) is -0.0779. The number of likely N-dealkylation sites (N-methyl/N-ethyl adjacent to an activating group) is 1. The molecule has 1 fully saturated rings. The van der Waals surface area contributed by atoms with Crippen LogP contribution in [0.15, 0.2) is 23.1 Å². The third kappa shape index (κ3) is 4.21. The quantitative estimate of drug-likeness (QED) is 0.510. The van der Waals surface area contributed by atoms with Crippen molar-refractivity contribution in [3.63, 3.8) is 0 Å². The number of rotatable bonds is 7. The standard InChI is InChI=1S/C19H26N8O3/c1-25-5-7-26(8-6-25)14-4-3-13(11-21-14)12-27-17-15(22-19(27)28)16(20)23-18(24-17)30-10-9-29-2/h3-4,11H,5-10,12H2,1-2H3,(H,22,28)(H2,20,23,24). The summed E-state index contributed by atoms with van der Waals surface area (Å²) in [5.41, 5.74) is 7.33. The number of hydrogen-bond acceptors (Lipinski definition) is 9. The molecule has 0 aromatic carbocycles. The Morgan fingerprint density at radius 2 is 1.97 bits per heavy atom. The Kier molecular flexibility index (Phi) is 5.81. The fourth-order valence-electron chi connectivity index (χ4n) is 3.37. The zero-order chi connectivity index (χ0) is 21.1. The zero-order valence-electron chi connectivity index (χ0n) is 17.2. The lowest BCUT2D eigenvalue weighted by atomic mass is 10.2. The van der Waals surface area contributed by atoms with Crippen LogP contribution in [0.25, 0.3) is 11.2 Å². The van der Waals surface area contributed by atoms with Crippen LogP contribution >= 0.6 is 0 Å². The van der Waals surface area contributed by atoms with Gasteiger partial charge >= 0.3 is 11.7 Å². The molecular formula is C19H26N8O3. The molecule has 0 unspecified atom stereocenters. The van der Waals surface area contributed by atoms with Crippen molar-refractivity contribution < 1.29 is 9.47 Å². The van der Waals surface area contributed by atoms with E-state index < -0.39 is 0 Å². The summed E-state index contributed by atoms with van der Waals surface area (Å²) < 4.78 is 11.9. The van der Waals surface area contributed by atoms with Crippen molar-refractivity contribution in [1.82, 2.24) is 29.4 Å². The molecule has 0 bridgehead atoms. The number of methoxy groups -OCH3 is 1. The average Bonchev–Trinajstić information content (AvgIpc) is 3.06. The monoisotopic (exact) mass is 414 g/mol. The first-order valence-electron chi connectivity index (χ1n) is 9.81. The number of aromatic nitrogens is 5. The average molecular weight is 414 g/mol. The van der Waals surface area contributed by atoms with Crippen molar-refractivity contribution >= 4 is 22.8 Å². The minimum Gasteiger partial charge on any atom is -0.461 e. The van der Waals surface area contributed by atoms with Crippen molar-refractivity contribution in [1.29, 1.82) is 0 Å². The molecule has 0 aliphatic carbocycles. The number of nitrogens with one attached hydrogen (secondary N) is 1. The van der Waals surface area contributed by atoms with Gasteiger partial charge < -0.3 is 30.0 Å². The number of imidazole rings is 1. The van der Waals surface area contributed by atoms with E-state index in [9.17, 15) is 4.79 Å². The van der Waals surface area contributed by atoms with Gasteiger partial charge in [0, 0.05) is 39.5 Å². The number of pyridine rings is 1. The Morgan fingerprint density at radius 3 is 2.67 bits per heavy atom. The number of piperazine rings is 1. The van der Waals surface area contributed by atoms with E-state index in [4.69, 9.17) is 15.2 Å². The van der Waals surface area contributed by atoms with Gasteiger partial charge in [0.2, 0.25) is 0 Å². The lowest BCUT2D eigenvalue weighted by Gasteiger charge is -2.33. The summed E-state index contributed by atoms with van der Waals surface area (Å²) in [4.78, 5) is 32.8. The molecule has 3 N–H and O–H groups in total. The number of hydrogen-bond donors (Lipinski definition) is 2. The van der Waals surface area contributed by atoms with Crippen molar-refractivity contribution in [2.45, 2.75) is 6.54 Å². The van der Waals surface area contributed by atoms with Crippen LogP contribution in [-0.2, 0) is 11.3 Å². The molecule has 3 aromatic rings. The molecular weight excluding hydrogens is 388 g/mol. The third-order valence-electron chi connectivity index (χ3n) is 5.13. The van der Waals surface area contributed by atoms with E-state index in [1.54, 1.807) is 13.3 Å². The van der Waals surface area contributed by atoms with E-state index >= 15 is 0 Å². The largest absolute Gasteiger partial charge is 0.461 e. The Hall–Kier alpha value is -3.18. The SMILES string of the molecule is COCCOc1nc(N)c2[nH]c(=O)n(Cc3ccc(N4CCN(C)CC4)nc3)c2n1. The highest BCUT2D eigenvalue weighted by atomic mass is 16.5. The summed E-state index contributed by atoms with van der Waals surface area (Å²) in [6.45, 7) is 4.93. The summed E-state index contributed by atoms with van der Waals surface area (Å²) in [6.07, 6.45) is 1.79. The topological polar surface area (TPSA) is 127 Å². The molecule has 0 saturated carbocycles.